The summed E-state index contributed by atoms with van der Waals surface area (Å²) in [5, 5.41) is 2.41. The Morgan fingerprint density at radius 2 is 1.39 bits per heavy atom. The largest absolute Gasteiger partial charge is 0.463 e. The number of halogens is 3. The molecule has 44 heavy (non-hydrogen) atoms. The van der Waals surface area contributed by atoms with Crippen LogP contribution in [0.2, 0.25) is 0 Å². The van der Waals surface area contributed by atoms with Gasteiger partial charge in [0.1, 0.15) is 12.7 Å². The second kappa shape index (κ2) is 15.2. The van der Waals surface area contributed by atoms with Gasteiger partial charge >= 0.3 is 23.9 Å². The first-order valence-corrected chi connectivity index (χ1v) is 13.2. The number of rotatable bonds is 11. The number of amides is 1. The van der Waals surface area contributed by atoms with Crippen LogP contribution in [0.15, 0.2) is 36.4 Å². The highest BCUT2D eigenvalue weighted by Gasteiger charge is 2.53. The molecule has 1 fully saturated rings. The molecule has 0 radical (unpaired) electrons. The number of carbonyl (C=O) groups is 5. The zero-order valence-corrected chi connectivity index (χ0v) is 24.1. The summed E-state index contributed by atoms with van der Waals surface area (Å²) < 4.78 is 76.7. The van der Waals surface area contributed by atoms with Gasteiger partial charge in [-0.15, -0.1) is 0 Å². The molecule has 12 nitrogen and oxygen atoms in total. The Hall–Kier alpha value is -4.66. The topological polar surface area (TPSA) is 153 Å². The number of nitrogens with one attached hydrogen (secondary N) is 1. The Labute approximate surface area is 249 Å². The summed E-state index contributed by atoms with van der Waals surface area (Å²) in [4.78, 5) is 60.1. The zero-order valence-electron chi connectivity index (χ0n) is 24.1. The quantitative estimate of drug-likeness (QED) is 0.223. The van der Waals surface area contributed by atoms with E-state index in [-0.39, 0.29) is 6.54 Å². The molecule has 0 aromatic heterocycles. The Balaban J connectivity index is 1.98. The Morgan fingerprint density at radius 1 is 0.795 bits per heavy atom. The summed E-state index contributed by atoms with van der Waals surface area (Å²) in [7, 11) is 0. The molecule has 1 N–H and O–H groups in total. The lowest BCUT2D eigenvalue weighted by atomic mass is 9.98. The predicted molar refractivity (Wildman–Crippen MR) is 141 cm³/mol. The fourth-order valence-electron chi connectivity index (χ4n) is 4.31. The lowest BCUT2D eigenvalue weighted by Crippen LogP contribution is -2.63. The Morgan fingerprint density at radius 3 is 1.98 bits per heavy atom. The van der Waals surface area contributed by atoms with Crippen LogP contribution >= 0.6 is 0 Å². The minimum Gasteiger partial charge on any atom is -0.463 e. The first-order valence-electron chi connectivity index (χ1n) is 13.2. The average molecular weight is 626 g/mol. The standard InChI is InChI=1S/C29H30F3NO11/c1-14(34)39-13-21-24(40-15(2)35)26(41-16(3)36)27(42-17(4)37)29(43-21)44-25-22(31)19(12-20(30)23(25)32)28(38)33-11-10-18-8-6-5-7-9-18/h5-9,12,21,24,26-27,29H,10-11,13H2,1-4H3,(H,33,38)/t21?,24?,26?,27?,29-/m0/s1. The molecule has 4 unspecified atom stereocenters. The van der Waals surface area contributed by atoms with Crippen LogP contribution in [0.3, 0.4) is 0 Å². The third kappa shape index (κ3) is 8.92. The first-order chi connectivity index (χ1) is 20.8. The number of hydrogen-bond acceptors (Lipinski definition) is 11. The van der Waals surface area contributed by atoms with E-state index < -0.39 is 95.9 Å². The summed E-state index contributed by atoms with van der Waals surface area (Å²) in [6.45, 7) is 3.33. The molecule has 0 aliphatic carbocycles. The van der Waals surface area contributed by atoms with Crippen molar-refractivity contribution in [1.29, 1.82) is 0 Å². The van der Waals surface area contributed by atoms with Crippen molar-refractivity contribution in [3.63, 3.8) is 0 Å². The third-order valence-corrected chi connectivity index (χ3v) is 6.08. The molecule has 2 aromatic rings. The molecule has 1 aliphatic heterocycles. The van der Waals surface area contributed by atoms with Gasteiger partial charge in [-0.2, -0.15) is 4.39 Å². The Kier molecular flexibility index (Phi) is 11.7. The lowest BCUT2D eigenvalue weighted by molar-refractivity contribution is -0.289. The highest BCUT2D eigenvalue weighted by atomic mass is 19.2. The van der Waals surface area contributed by atoms with E-state index in [1.807, 2.05) is 0 Å². The van der Waals surface area contributed by atoms with Crippen molar-refractivity contribution in [3.8, 4) is 5.75 Å². The van der Waals surface area contributed by atoms with Crippen molar-refractivity contribution in [2.24, 2.45) is 0 Å². The third-order valence-electron chi connectivity index (χ3n) is 6.08. The fraction of sp³-hybridized carbons (Fsp3) is 0.414. The summed E-state index contributed by atoms with van der Waals surface area (Å²) in [5.41, 5.74) is -0.0659. The van der Waals surface area contributed by atoms with Gasteiger partial charge in [0.05, 0.1) is 5.56 Å². The number of carbonyl (C=O) groups excluding carboxylic acids is 5. The van der Waals surface area contributed by atoms with Crippen molar-refractivity contribution in [3.05, 3.63) is 65.0 Å². The summed E-state index contributed by atoms with van der Waals surface area (Å²) in [5.74, 6) is -11.4. The SMILES string of the molecule is CC(=O)OCC1O[C@@H](Oc2c(F)c(F)cc(C(=O)NCCc3ccccc3)c2F)C(OC(C)=O)C(OC(C)=O)C1OC(C)=O. The van der Waals surface area contributed by atoms with Crippen LogP contribution in [0.25, 0.3) is 0 Å². The van der Waals surface area contributed by atoms with Gasteiger partial charge < -0.3 is 33.7 Å². The van der Waals surface area contributed by atoms with Crippen molar-refractivity contribution in [2.75, 3.05) is 13.2 Å². The summed E-state index contributed by atoms with van der Waals surface area (Å²) in [6.07, 6.45) is -8.39. The van der Waals surface area contributed by atoms with Gasteiger partial charge in [-0.1, -0.05) is 30.3 Å². The molecule has 0 bridgehead atoms. The number of benzene rings is 2. The van der Waals surface area contributed by atoms with Gasteiger partial charge in [0.2, 0.25) is 18.2 Å². The van der Waals surface area contributed by atoms with E-state index in [0.717, 1.165) is 33.3 Å². The molecule has 0 spiro atoms. The molecule has 2 aromatic carbocycles. The van der Waals surface area contributed by atoms with Gasteiger partial charge in [0.15, 0.2) is 29.6 Å². The lowest BCUT2D eigenvalue weighted by Gasteiger charge is -2.43. The molecule has 1 aliphatic rings. The van der Waals surface area contributed by atoms with Gasteiger partial charge in [-0.25, -0.2) is 8.78 Å². The van der Waals surface area contributed by atoms with E-state index >= 15 is 4.39 Å². The monoisotopic (exact) mass is 625 g/mol. The Bertz CT molecular complexity index is 1390. The van der Waals surface area contributed by atoms with Crippen LogP contribution in [-0.4, -0.2) is 73.6 Å². The van der Waals surface area contributed by atoms with Crippen LogP contribution < -0.4 is 10.1 Å². The number of esters is 4. The van der Waals surface area contributed by atoms with Crippen LogP contribution in [0.1, 0.15) is 43.6 Å². The first kappa shape index (κ1) is 33.8. The summed E-state index contributed by atoms with van der Waals surface area (Å²) >= 11 is 0. The molecule has 1 saturated heterocycles. The molecule has 0 saturated carbocycles. The minimum atomic E-state index is -2.07. The second-order valence-corrected chi connectivity index (χ2v) is 9.54. The molecule has 1 heterocycles. The maximum Gasteiger partial charge on any atom is 0.303 e. The zero-order chi connectivity index (χ0) is 32.6. The second-order valence-electron chi connectivity index (χ2n) is 9.54. The van der Waals surface area contributed by atoms with Gasteiger partial charge in [0, 0.05) is 34.2 Å². The predicted octanol–water partition coefficient (Wildman–Crippen LogP) is 2.54. The van der Waals surface area contributed by atoms with E-state index in [0.29, 0.717) is 12.5 Å². The van der Waals surface area contributed by atoms with Crippen LogP contribution in [0, 0.1) is 17.5 Å². The maximum absolute atomic E-state index is 15.6. The molecule has 238 valence electrons. The number of ether oxygens (including phenoxy) is 6. The molecule has 3 rings (SSSR count). The van der Waals surface area contributed by atoms with Crippen molar-refractivity contribution >= 4 is 29.8 Å². The molecule has 5 atom stereocenters. The van der Waals surface area contributed by atoms with Crippen LogP contribution in [-0.2, 0) is 49.3 Å². The molecular weight excluding hydrogens is 595 g/mol. The van der Waals surface area contributed by atoms with E-state index in [1.165, 1.54) is 0 Å². The van der Waals surface area contributed by atoms with Crippen molar-refractivity contribution in [2.45, 2.75) is 64.8 Å². The molecular formula is C29H30F3NO11. The van der Waals surface area contributed by atoms with Crippen molar-refractivity contribution in [1.82, 2.24) is 5.32 Å². The van der Waals surface area contributed by atoms with Crippen molar-refractivity contribution < 1.29 is 65.6 Å². The summed E-state index contributed by atoms with van der Waals surface area (Å²) in [6, 6.07) is 9.29. The van der Waals surface area contributed by atoms with Crippen LogP contribution in [0.4, 0.5) is 13.2 Å². The molecule has 1 amide bonds. The highest BCUT2D eigenvalue weighted by molar-refractivity contribution is 5.95. The van der Waals surface area contributed by atoms with E-state index in [4.69, 9.17) is 28.4 Å². The minimum absolute atomic E-state index is 0.0250. The maximum atomic E-state index is 15.6. The van der Waals surface area contributed by atoms with Gasteiger partial charge in [-0.3, -0.25) is 24.0 Å². The van der Waals surface area contributed by atoms with E-state index in [9.17, 15) is 32.8 Å². The van der Waals surface area contributed by atoms with Gasteiger partial charge in [-0.05, 0) is 18.1 Å². The highest BCUT2D eigenvalue weighted by Crippen LogP contribution is 2.34. The smallest absolute Gasteiger partial charge is 0.303 e. The van der Waals surface area contributed by atoms with E-state index in [2.05, 4.69) is 5.32 Å². The average Bonchev–Trinajstić information content (AvgIpc) is 2.94. The molecule has 15 heteroatoms. The van der Waals surface area contributed by atoms with Crippen LogP contribution in [0.5, 0.6) is 5.75 Å². The fourth-order valence-corrected chi connectivity index (χ4v) is 4.31. The number of hydrogen-bond donors (Lipinski definition) is 1. The normalized spacial score (nSPS) is 21.0. The van der Waals surface area contributed by atoms with E-state index in [1.54, 1.807) is 30.3 Å². The van der Waals surface area contributed by atoms with Gasteiger partial charge in [0.25, 0.3) is 5.91 Å².